The lowest BCUT2D eigenvalue weighted by Crippen LogP contribution is -2.42. The zero-order valence-electron chi connectivity index (χ0n) is 12.2. The highest BCUT2D eigenvalue weighted by Gasteiger charge is 2.44. The molecular weight excluding hydrogens is 226 g/mol. The lowest BCUT2D eigenvalue weighted by atomic mass is 9.85. The molecule has 3 nitrogen and oxygen atoms in total. The predicted molar refractivity (Wildman–Crippen MR) is 74.2 cm³/mol. The Kier molecular flexibility index (Phi) is 6.13. The first-order valence-corrected chi connectivity index (χ1v) is 7.47. The Morgan fingerprint density at radius 2 is 2.22 bits per heavy atom. The number of hydrogen-bond acceptors (Lipinski definition) is 3. The summed E-state index contributed by atoms with van der Waals surface area (Å²) < 4.78 is 5.53. The Morgan fingerprint density at radius 3 is 2.72 bits per heavy atom. The van der Waals surface area contributed by atoms with Crippen molar-refractivity contribution in [3.8, 4) is 0 Å². The summed E-state index contributed by atoms with van der Waals surface area (Å²) in [6.45, 7) is 6.88. The Morgan fingerprint density at radius 1 is 1.50 bits per heavy atom. The van der Waals surface area contributed by atoms with Crippen molar-refractivity contribution in [3.05, 3.63) is 0 Å². The maximum absolute atomic E-state index is 12.2. The van der Waals surface area contributed by atoms with E-state index in [4.69, 9.17) is 10.5 Å². The molecule has 0 aromatic heterocycles. The highest BCUT2D eigenvalue weighted by Crippen LogP contribution is 2.37. The van der Waals surface area contributed by atoms with Gasteiger partial charge >= 0.3 is 5.97 Å². The minimum atomic E-state index is -0.441. The molecule has 1 fully saturated rings. The van der Waals surface area contributed by atoms with Crippen molar-refractivity contribution in [1.29, 1.82) is 0 Å². The van der Waals surface area contributed by atoms with Crippen LogP contribution in [0, 0.1) is 11.3 Å². The van der Waals surface area contributed by atoms with Crippen molar-refractivity contribution >= 4 is 5.97 Å². The quantitative estimate of drug-likeness (QED) is 0.710. The van der Waals surface area contributed by atoms with Gasteiger partial charge in [-0.05, 0) is 32.1 Å². The van der Waals surface area contributed by atoms with E-state index >= 15 is 0 Å². The van der Waals surface area contributed by atoms with Gasteiger partial charge in [-0.2, -0.15) is 0 Å². The minimum Gasteiger partial charge on any atom is -0.465 e. The van der Waals surface area contributed by atoms with Gasteiger partial charge in [0.15, 0.2) is 0 Å². The maximum atomic E-state index is 12.2. The van der Waals surface area contributed by atoms with Crippen LogP contribution in [-0.2, 0) is 9.53 Å². The maximum Gasteiger partial charge on any atom is 0.313 e. The molecule has 3 unspecified atom stereocenters. The van der Waals surface area contributed by atoms with Crippen LogP contribution in [0.15, 0.2) is 0 Å². The molecule has 0 aromatic carbocycles. The molecule has 0 aromatic rings. The molecule has 1 aliphatic carbocycles. The second kappa shape index (κ2) is 7.13. The molecule has 0 aliphatic heterocycles. The summed E-state index contributed by atoms with van der Waals surface area (Å²) in [6, 6.07) is -0.0271. The number of unbranched alkanes of at least 4 members (excludes halogenated alkanes) is 1. The van der Waals surface area contributed by atoms with Crippen LogP contribution >= 0.6 is 0 Å². The lowest BCUT2D eigenvalue weighted by molar-refractivity contribution is -0.156. The third-order valence-electron chi connectivity index (χ3n) is 4.49. The monoisotopic (exact) mass is 255 g/mol. The molecule has 106 valence electrons. The van der Waals surface area contributed by atoms with Gasteiger partial charge in [0.2, 0.25) is 0 Å². The normalized spacial score (nSPS) is 29.2. The number of nitrogens with two attached hydrogens (primary N) is 1. The average molecular weight is 255 g/mol. The van der Waals surface area contributed by atoms with Gasteiger partial charge in [0, 0.05) is 6.04 Å². The zero-order valence-corrected chi connectivity index (χ0v) is 12.2. The van der Waals surface area contributed by atoms with Gasteiger partial charge in [0.1, 0.15) is 0 Å². The molecule has 1 aliphatic rings. The molecule has 0 radical (unpaired) electrons. The number of carbonyl (C=O) groups excluding carboxylic acids is 1. The fourth-order valence-corrected chi connectivity index (χ4v) is 2.70. The summed E-state index contributed by atoms with van der Waals surface area (Å²) >= 11 is 0. The van der Waals surface area contributed by atoms with Gasteiger partial charge in [-0.3, -0.25) is 4.79 Å². The first kappa shape index (κ1) is 15.5. The molecule has 0 amide bonds. The van der Waals surface area contributed by atoms with Crippen LogP contribution in [0.3, 0.4) is 0 Å². The first-order valence-electron chi connectivity index (χ1n) is 7.47. The second-order valence-electron chi connectivity index (χ2n) is 5.93. The Balaban J connectivity index is 2.39. The van der Waals surface area contributed by atoms with Crippen LogP contribution in [0.4, 0.5) is 0 Å². The largest absolute Gasteiger partial charge is 0.465 e. The summed E-state index contributed by atoms with van der Waals surface area (Å²) in [5.41, 5.74) is 5.59. The van der Waals surface area contributed by atoms with Gasteiger partial charge in [-0.25, -0.2) is 0 Å². The Bertz CT molecular complexity index is 267. The standard InChI is InChI=1S/C15H29NO2/c1-4-6-8-12(5-2)11-18-14(17)15(3)10-7-9-13(15)16/h12-13H,4-11,16H2,1-3H3. The van der Waals surface area contributed by atoms with Crippen LogP contribution in [0.1, 0.15) is 65.7 Å². The van der Waals surface area contributed by atoms with Gasteiger partial charge < -0.3 is 10.5 Å². The molecule has 0 spiro atoms. The van der Waals surface area contributed by atoms with E-state index in [9.17, 15) is 4.79 Å². The average Bonchev–Trinajstić information content (AvgIpc) is 2.71. The number of hydrogen-bond donors (Lipinski definition) is 1. The van der Waals surface area contributed by atoms with Gasteiger partial charge in [-0.1, -0.05) is 39.5 Å². The summed E-state index contributed by atoms with van der Waals surface area (Å²) in [5, 5.41) is 0. The van der Waals surface area contributed by atoms with Crippen LogP contribution in [0.25, 0.3) is 0 Å². The van der Waals surface area contributed by atoms with Crippen LogP contribution < -0.4 is 5.73 Å². The van der Waals surface area contributed by atoms with E-state index < -0.39 is 5.41 Å². The third kappa shape index (κ3) is 3.71. The SMILES string of the molecule is CCCCC(CC)COC(=O)C1(C)CCCC1N. The Hall–Kier alpha value is -0.570. The minimum absolute atomic E-state index is 0.0271. The van der Waals surface area contributed by atoms with E-state index in [1.807, 2.05) is 6.92 Å². The van der Waals surface area contributed by atoms with E-state index in [0.717, 1.165) is 32.1 Å². The van der Waals surface area contributed by atoms with Gasteiger partial charge in [0.05, 0.1) is 12.0 Å². The van der Waals surface area contributed by atoms with Crippen LogP contribution in [0.5, 0.6) is 0 Å². The van der Waals surface area contributed by atoms with Crippen molar-refractivity contribution in [2.24, 2.45) is 17.1 Å². The van der Waals surface area contributed by atoms with Crippen LogP contribution in [-0.4, -0.2) is 18.6 Å². The van der Waals surface area contributed by atoms with E-state index in [0.29, 0.717) is 12.5 Å². The molecule has 3 heteroatoms. The number of rotatable bonds is 7. The van der Waals surface area contributed by atoms with Crippen molar-refractivity contribution in [2.45, 2.75) is 71.8 Å². The van der Waals surface area contributed by atoms with E-state index in [1.54, 1.807) is 0 Å². The van der Waals surface area contributed by atoms with Gasteiger partial charge in [-0.15, -0.1) is 0 Å². The van der Waals surface area contributed by atoms with Crippen LogP contribution in [0.2, 0.25) is 0 Å². The van der Waals surface area contributed by atoms with Crippen molar-refractivity contribution in [1.82, 2.24) is 0 Å². The second-order valence-corrected chi connectivity index (χ2v) is 5.93. The van der Waals surface area contributed by atoms with Crippen molar-refractivity contribution in [2.75, 3.05) is 6.61 Å². The van der Waals surface area contributed by atoms with E-state index in [1.165, 1.54) is 12.8 Å². The molecule has 3 atom stereocenters. The van der Waals surface area contributed by atoms with Crippen molar-refractivity contribution < 1.29 is 9.53 Å². The number of carbonyl (C=O) groups is 1. The smallest absolute Gasteiger partial charge is 0.313 e. The van der Waals surface area contributed by atoms with Crippen molar-refractivity contribution in [3.63, 3.8) is 0 Å². The topological polar surface area (TPSA) is 52.3 Å². The molecule has 18 heavy (non-hydrogen) atoms. The van der Waals surface area contributed by atoms with E-state index in [2.05, 4.69) is 13.8 Å². The zero-order chi connectivity index (χ0) is 13.6. The molecule has 0 heterocycles. The first-order chi connectivity index (χ1) is 8.54. The predicted octanol–water partition coefficient (Wildman–Crippen LogP) is 3.26. The molecule has 0 bridgehead atoms. The molecular formula is C15H29NO2. The lowest BCUT2D eigenvalue weighted by Gasteiger charge is -2.27. The Labute approximate surface area is 111 Å². The molecule has 0 saturated heterocycles. The fraction of sp³-hybridized carbons (Fsp3) is 0.933. The summed E-state index contributed by atoms with van der Waals surface area (Å²) in [5.74, 6) is 0.428. The molecule has 1 rings (SSSR count). The highest BCUT2D eigenvalue weighted by atomic mass is 16.5. The number of esters is 1. The summed E-state index contributed by atoms with van der Waals surface area (Å²) in [6.07, 6.45) is 7.51. The number of ether oxygens (including phenoxy) is 1. The fourth-order valence-electron chi connectivity index (χ4n) is 2.70. The molecule has 1 saturated carbocycles. The summed E-state index contributed by atoms with van der Waals surface area (Å²) in [7, 11) is 0. The highest BCUT2D eigenvalue weighted by molar-refractivity contribution is 5.77. The summed E-state index contributed by atoms with van der Waals surface area (Å²) in [4.78, 5) is 12.2. The van der Waals surface area contributed by atoms with Gasteiger partial charge in [0.25, 0.3) is 0 Å². The third-order valence-corrected chi connectivity index (χ3v) is 4.49. The van der Waals surface area contributed by atoms with E-state index in [-0.39, 0.29) is 12.0 Å². The molecule has 2 N–H and O–H groups in total.